The molecule has 0 aromatic carbocycles. The molecule has 0 aliphatic carbocycles. The average molecular weight is 176 g/mol. The van der Waals surface area contributed by atoms with Gasteiger partial charge in [0.2, 0.25) is 0 Å². The number of carboxylic acid groups (broad SMARTS) is 1. The van der Waals surface area contributed by atoms with E-state index in [2.05, 4.69) is 0 Å². The van der Waals surface area contributed by atoms with Gasteiger partial charge in [-0.15, -0.1) is 0 Å². The van der Waals surface area contributed by atoms with Crippen molar-refractivity contribution in [3.63, 3.8) is 0 Å². The summed E-state index contributed by atoms with van der Waals surface area (Å²) in [4.78, 5) is 10.6. The standard InChI is InChI=1S/C7H12O5/c1-7(6(10)11)2-4(8)5(9)3-12-7/h4-5,8-9H,2-3H2,1H3,(H,10,11). The van der Waals surface area contributed by atoms with Gasteiger partial charge in [-0.25, -0.2) is 4.79 Å². The molecule has 0 saturated carbocycles. The lowest BCUT2D eigenvalue weighted by Gasteiger charge is -2.35. The lowest BCUT2D eigenvalue weighted by molar-refractivity contribution is -0.193. The summed E-state index contributed by atoms with van der Waals surface area (Å²) < 4.78 is 4.90. The lowest BCUT2D eigenvalue weighted by Crippen LogP contribution is -2.51. The molecule has 3 N–H and O–H groups in total. The first-order chi connectivity index (χ1) is 5.46. The Kier molecular flexibility index (Phi) is 2.36. The number of hydrogen-bond donors (Lipinski definition) is 3. The van der Waals surface area contributed by atoms with Gasteiger partial charge in [0, 0.05) is 6.42 Å². The Morgan fingerprint density at radius 3 is 2.50 bits per heavy atom. The Morgan fingerprint density at radius 1 is 1.50 bits per heavy atom. The molecule has 5 nitrogen and oxygen atoms in total. The molecule has 0 spiro atoms. The van der Waals surface area contributed by atoms with Gasteiger partial charge < -0.3 is 20.1 Å². The van der Waals surface area contributed by atoms with Crippen LogP contribution in [0.5, 0.6) is 0 Å². The molecule has 0 aromatic rings. The molecule has 0 amide bonds. The molecular weight excluding hydrogens is 164 g/mol. The topological polar surface area (TPSA) is 87.0 Å². The van der Waals surface area contributed by atoms with Gasteiger partial charge in [-0.2, -0.15) is 0 Å². The maximum Gasteiger partial charge on any atom is 0.335 e. The van der Waals surface area contributed by atoms with E-state index in [1.165, 1.54) is 6.92 Å². The summed E-state index contributed by atoms with van der Waals surface area (Å²) in [6.45, 7) is 1.24. The predicted octanol–water partition coefficient (Wildman–Crippen LogP) is -1.03. The van der Waals surface area contributed by atoms with Crippen molar-refractivity contribution in [1.82, 2.24) is 0 Å². The SMILES string of the molecule is CC1(C(=O)O)CC(O)C(O)CO1. The van der Waals surface area contributed by atoms with Gasteiger partial charge >= 0.3 is 5.97 Å². The van der Waals surface area contributed by atoms with Crippen molar-refractivity contribution < 1.29 is 24.9 Å². The third-order valence-electron chi connectivity index (χ3n) is 2.07. The van der Waals surface area contributed by atoms with E-state index >= 15 is 0 Å². The molecule has 12 heavy (non-hydrogen) atoms. The fourth-order valence-corrected chi connectivity index (χ4v) is 1.12. The second kappa shape index (κ2) is 3.01. The second-order valence-electron chi connectivity index (χ2n) is 3.19. The molecule has 0 radical (unpaired) electrons. The van der Waals surface area contributed by atoms with E-state index in [1.807, 2.05) is 0 Å². The van der Waals surface area contributed by atoms with E-state index in [0.717, 1.165) is 0 Å². The number of carbonyl (C=O) groups is 1. The molecule has 1 aliphatic rings. The highest BCUT2D eigenvalue weighted by molar-refractivity contribution is 5.77. The molecule has 1 heterocycles. The normalized spacial score (nSPS) is 42.6. The number of aliphatic carboxylic acids is 1. The fourth-order valence-electron chi connectivity index (χ4n) is 1.12. The molecular formula is C7H12O5. The zero-order valence-electron chi connectivity index (χ0n) is 6.73. The summed E-state index contributed by atoms with van der Waals surface area (Å²) in [7, 11) is 0. The molecule has 1 fully saturated rings. The Balaban J connectivity index is 2.66. The van der Waals surface area contributed by atoms with E-state index in [-0.39, 0.29) is 13.0 Å². The van der Waals surface area contributed by atoms with E-state index in [0.29, 0.717) is 0 Å². The molecule has 1 aliphatic heterocycles. The highest BCUT2D eigenvalue weighted by Crippen LogP contribution is 2.25. The summed E-state index contributed by atoms with van der Waals surface area (Å²) in [5.41, 5.74) is -1.36. The van der Waals surface area contributed by atoms with Crippen LogP contribution in [0.3, 0.4) is 0 Å². The van der Waals surface area contributed by atoms with E-state index in [4.69, 9.17) is 20.1 Å². The first kappa shape index (κ1) is 9.44. The van der Waals surface area contributed by atoms with E-state index < -0.39 is 23.8 Å². The van der Waals surface area contributed by atoms with Gasteiger partial charge in [-0.3, -0.25) is 0 Å². The van der Waals surface area contributed by atoms with Crippen LogP contribution in [0.1, 0.15) is 13.3 Å². The van der Waals surface area contributed by atoms with Gasteiger partial charge in [-0.1, -0.05) is 0 Å². The van der Waals surface area contributed by atoms with Crippen LogP contribution in [0.4, 0.5) is 0 Å². The first-order valence-corrected chi connectivity index (χ1v) is 3.69. The quantitative estimate of drug-likeness (QED) is 0.475. The Bertz CT molecular complexity index is 192. The second-order valence-corrected chi connectivity index (χ2v) is 3.19. The minimum Gasteiger partial charge on any atom is -0.479 e. The van der Waals surface area contributed by atoms with Crippen molar-refractivity contribution in [3.8, 4) is 0 Å². The summed E-state index contributed by atoms with van der Waals surface area (Å²) in [5, 5.41) is 26.9. The Labute approximate surface area is 69.6 Å². The highest BCUT2D eigenvalue weighted by Gasteiger charge is 2.42. The zero-order chi connectivity index (χ0) is 9.35. The molecule has 1 rings (SSSR count). The van der Waals surface area contributed by atoms with Crippen LogP contribution in [-0.2, 0) is 9.53 Å². The number of hydrogen-bond acceptors (Lipinski definition) is 4. The summed E-state index contributed by atoms with van der Waals surface area (Å²) in [6.07, 6.45) is -2.07. The van der Waals surface area contributed by atoms with Crippen LogP contribution in [0, 0.1) is 0 Å². The molecule has 3 unspecified atom stereocenters. The van der Waals surface area contributed by atoms with Gasteiger partial charge in [0.15, 0.2) is 5.60 Å². The molecule has 0 bridgehead atoms. The van der Waals surface area contributed by atoms with E-state index in [9.17, 15) is 4.79 Å². The van der Waals surface area contributed by atoms with Gasteiger partial charge in [0.05, 0.1) is 12.7 Å². The van der Waals surface area contributed by atoms with Gasteiger partial charge in [-0.05, 0) is 6.92 Å². The summed E-state index contributed by atoms with van der Waals surface area (Å²) in [6, 6.07) is 0. The summed E-state index contributed by atoms with van der Waals surface area (Å²) in [5.74, 6) is -1.12. The smallest absolute Gasteiger partial charge is 0.335 e. The molecule has 3 atom stereocenters. The monoisotopic (exact) mass is 176 g/mol. The molecule has 1 saturated heterocycles. The van der Waals surface area contributed by atoms with Crippen molar-refractivity contribution in [2.45, 2.75) is 31.2 Å². The third kappa shape index (κ3) is 1.57. The van der Waals surface area contributed by atoms with Crippen molar-refractivity contribution in [3.05, 3.63) is 0 Å². The number of aliphatic hydroxyl groups is 2. The van der Waals surface area contributed by atoms with Crippen molar-refractivity contribution in [2.24, 2.45) is 0 Å². The highest BCUT2D eigenvalue weighted by atomic mass is 16.5. The van der Waals surface area contributed by atoms with Crippen LogP contribution in [0.25, 0.3) is 0 Å². The maximum absolute atomic E-state index is 10.6. The van der Waals surface area contributed by atoms with Crippen molar-refractivity contribution >= 4 is 5.97 Å². The summed E-state index contributed by atoms with van der Waals surface area (Å²) >= 11 is 0. The van der Waals surface area contributed by atoms with Crippen LogP contribution in [0.15, 0.2) is 0 Å². The third-order valence-corrected chi connectivity index (χ3v) is 2.07. The fraction of sp³-hybridized carbons (Fsp3) is 0.857. The number of rotatable bonds is 1. The maximum atomic E-state index is 10.6. The molecule has 5 heteroatoms. The van der Waals surface area contributed by atoms with Gasteiger partial charge in [0.25, 0.3) is 0 Å². The minimum atomic E-state index is -1.36. The van der Waals surface area contributed by atoms with Crippen LogP contribution in [-0.4, -0.2) is 45.7 Å². The number of aliphatic hydroxyl groups excluding tert-OH is 2. The van der Waals surface area contributed by atoms with Crippen LogP contribution < -0.4 is 0 Å². The van der Waals surface area contributed by atoms with Crippen LogP contribution in [0.2, 0.25) is 0 Å². The molecule has 70 valence electrons. The first-order valence-electron chi connectivity index (χ1n) is 3.69. The average Bonchev–Trinajstić information content (AvgIpc) is 1.97. The zero-order valence-corrected chi connectivity index (χ0v) is 6.73. The Morgan fingerprint density at radius 2 is 2.08 bits per heavy atom. The van der Waals surface area contributed by atoms with Crippen molar-refractivity contribution in [2.75, 3.05) is 6.61 Å². The van der Waals surface area contributed by atoms with E-state index in [1.54, 1.807) is 0 Å². The Hall–Kier alpha value is -0.650. The van der Waals surface area contributed by atoms with Crippen LogP contribution >= 0.6 is 0 Å². The largest absolute Gasteiger partial charge is 0.479 e. The predicted molar refractivity (Wildman–Crippen MR) is 38.6 cm³/mol. The van der Waals surface area contributed by atoms with Crippen molar-refractivity contribution in [1.29, 1.82) is 0 Å². The minimum absolute atomic E-state index is 0.0799. The van der Waals surface area contributed by atoms with Gasteiger partial charge in [0.1, 0.15) is 6.10 Å². The number of carboxylic acids is 1. The lowest BCUT2D eigenvalue weighted by atomic mass is 9.93. The molecule has 0 aromatic heterocycles. The number of ether oxygens (including phenoxy) is 1.